The Morgan fingerprint density at radius 1 is 1.25 bits per heavy atom. The molecule has 4 heteroatoms. The number of ketones is 1. The van der Waals surface area contributed by atoms with Crippen LogP contribution in [0.3, 0.4) is 0 Å². The summed E-state index contributed by atoms with van der Waals surface area (Å²) in [5, 5.41) is 17.5. The third kappa shape index (κ3) is 4.41. The second kappa shape index (κ2) is 5.70. The maximum absolute atomic E-state index is 11.2. The lowest BCUT2D eigenvalue weighted by Gasteiger charge is -1.94. The maximum Gasteiger partial charge on any atom is 0.303 e. The quantitative estimate of drug-likeness (QED) is 0.742. The normalized spacial score (nSPS) is 10.5. The summed E-state index contributed by atoms with van der Waals surface area (Å²) in [7, 11) is 0. The van der Waals surface area contributed by atoms with Crippen molar-refractivity contribution in [3.8, 4) is 5.75 Å². The maximum atomic E-state index is 11.2. The minimum absolute atomic E-state index is 0.00928. The highest BCUT2D eigenvalue weighted by molar-refractivity contribution is 5.95. The fraction of sp³-hybridized carbons (Fsp3) is 0.167. The van der Waals surface area contributed by atoms with Gasteiger partial charge in [0.2, 0.25) is 0 Å². The molecule has 1 aromatic carbocycles. The summed E-state index contributed by atoms with van der Waals surface area (Å²) >= 11 is 0. The number of allylic oxidation sites excluding steroid dienone is 1. The molecule has 0 bridgehead atoms. The van der Waals surface area contributed by atoms with Gasteiger partial charge >= 0.3 is 5.97 Å². The number of hydrogen-bond acceptors (Lipinski definition) is 3. The highest BCUT2D eigenvalue weighted by Gasteiger charge is 2.01. The van der Waals surface area contributed by atoms with E-state index in [1.807, 2.05) is 0 Å². The molecule has 0 amide bonds. The molecule has 0 aromatic heterocycles. The minimum atomic E-state index is -0.987. The first kappa shape index (κ1) is 12.0. The van der Waals surface area contributed by atoms with Crippen LogP contribution >= 0.6 is 0 Å². The van der Waals surface area contributed by atoms with Crippen LogP contribution in [-0.4, -0.2) is 22.0 Å². The second-order valence-electron chi connectivity index (χ2n) is 3.29. The molecule has 0 spiro atoms. The standard InChI is InChI=1S/C12H12O4/c13-10(6-7-12(15)16)5-4-9-2-1-3-11(14)8-9/h1-5,8,14H,6-7H2,(H,15,16)/b5-4-. The Kier molecular flexibility index (Phi) is 4.27. The van der Waals surface area contributed by atoms with Crippen LogP contribution in [0.25, 0.3) is 6.08 Å². The molecule has 0 atom stereocenters. The highest BCUT2D eigenvalue weighted by atomic mass is 16.4. The predicted octanol–water partition coefficient (Wildman–Crippen LogP) is 1.84. The number of aliphatic carboxylic acids is 1. The van der Waals surface area contributed by atoms with Crippen LogP contribution < -0.4 is 0 Å². The highest BCUT2D eigenvalue weighted by Crippen LogP contribution is 2.12. The molecular weight excluding hydrogens is 208 g/mol. The molecule has 0 saturated heterocycles. The van der Waals surface area contributed by atoms with E-state index in [0.29, 0.717) is 5.56 Å². The van der Waals surface area contributed by atoms with E-state index in [9.17, 15) is 9.59 Å². The van der Waals surface area contributed by atoms with E-state index < -0.39 is 5.97 Å². The third-order valence-electron chi connectivity index (χ3n) is 1.92. The number of carboxylic acid groups (broad SMARTS) is 1. The van der Waals surface area contributed by atoms with Gasteiger partial charge in [0.05, 0.1) is 6.42 Å². The summed E-state index contributed by atoms with van der Waals surface area (Å²) < 4.78 is 0. The monoisotopic (exact) mass is 220 g/mol. The van der Waals surface area contributed by atoms with E-state index in [1.165, 1.54) is 18.2 Å². The molecule has 16 heavy (non-hydrogen) atoms. The first-order valence-corrected chi connectivity index (χ1v) is 4.79. The molecule has 1 rings (SSSR count). The summed E-state index contributed by atoms with van der Waals surface area (Å²) in [5.74, 6) is -1.11. The molecule has 4 nitrogen and oxygen atoms in total. The smallest absolute Gasteiger partial charge is 0.303 e. The van der Waals surface area contributed by atoms with Crippen molar-refractivity contribution in [2.24, 2.45) is 0 Å². The zero-order chi connectivity index (χ0) is 12.0. The zero-order valence-electron chi connectivity index (χ0n) is 8.59. The summed E-state index contributed by atoms with van der Waals surface area (Å²) in [6, 6.07) is 6.45. The first-order chi connectivity index (χ1) is 7.58. The van der Waals surface area contributed by atoms with Crippen LogP contribution in [-0.2, 0) is 9.59 Å². The van der Waals surface area contributed by atoms with Crippen LogP contribution in [0, 0.1) is 0 Å². The van der Waals surface area contributed by atoms with Crippen molar-refractivity contribution in [3.05, 3.63) is 35.9 Å². The topological polar surface area (TPSA) is 74.6 Å². The first-order valence-electron chi connectivity index (χ1n) is 4.79. The third-order valence-corrected chi connectivity index (χ3v) is 1.92. The van der Waals surface area contributed by atoms with Crippen molar-refractivity contribution < 1.29 is 19.8 Å². The van der Waals surface area contributed by atoms with E-state index in [2.05, 4.69) is 0 Å². The van der Waals surface area contributed by atoms with E-state index in [-0.39, 0.29) is 24.4 Å². The van der Waals surface area contributed by atoms with Gasteiger partial charge in [-0.2, -0.15) is 0 Å². The fourth-order valence-electron chi connectivity index (χ4n) is 1.13. The lowest BCUT2D eigenvalue weighted by Crippen LogP contribution is -1.99. The molecule has 0 aliphatic carbocycles. The number of rotatable bonds is 5. The minimum Gasteiger partial charge on any atom is -0.508 e. The molecule has 2 N–H and O–H groups in total. The molecule has 0 unspecified atom stereocenters. The lowest BCUT2D eigenvalue weighted by atomic mass is 10.1. The van der Waals surface area contributed by atoms with Gasteiger partial charge in [-0.25, -0.2) is 0 Å². The second-order valence-corrected chi connectivity index (χ2v) is 3.29. The number of phenolic OH excluding ortho intramolecular Hbond substituents is 1. The molecule has 0 aliphatic rings. The van der Waals surface area contributed by atoms with E-state index in [1.54, 1.807) is 18.2 Å². The zero-order valence-corrected chi connectivity index (χ0v) is 8.59. The largest absolute Gasteiger partial charge is 0.508 e. The average Bonchev–Trinajstić information content (AvgIpc) is 2.23. The van der Waals surface area contributed by atoms with Gasteiger partial charge in [0, 0.05) is 6.42 Å². The molecular formula is C12H12O4. The van der Waals surface area contributed by atoms with Crippen LogP contribution in [0.5, 0.6) is 5.75 Å². The number of carbonyl (C=O) groups excluding carboxylic acids is 1. The van der Waals surface area contributed by atoms with Crippen molar-refractivity contribution in [3.63, 3.8) is 0 Å². The summed E-state index contributed by atoms with van der Waals surface area (Å²) in [6.07, 6.45) is 2.69. The van der Waals surface area contributed by atoms with Gasteiger partial charge in [0.25, 0.3) is 0 Å². The van der Waals surface area contributed by atoms with Crippen LogP contribution in [0.4, 0.5) is 0 Å². The summed E-state index contributed by atoms with van der Waals surface area (Å²) in [6.45, 7) is 0. The number of benzene rings is 1. The molecule has 84 valence electrons. The SMILES string of the molecule is O=C(O)CCC(=O)/C=C\c1cccc(O)c1. The Bertz CT molecular complexity index is 421. The fourth-order valence-corrected chi connectivity index (χ4v) is 1.13. The van der Waals surface area contributed by atoms with Gasteiger partial charge in [-0.1, -0.05) is 18.2 Å². The van der Waals surface area contributed by atoms with Crippen molar-refractivity contribution in [1.29, 1.82) is 0 Å². The van der Waals surface area contributed by atoms with Crippen molar-refractivity contribution in [2.45, 2.75) is 12.8 Å². The van der Waals surface area contributed by atoms with Crippen LogP contribution in [0.15, 0.2) is 30.3 Å². The lowest BCUT2D eigenvalue weighted by molar-refractivity contribution is -0.138. The van der Waals surface area contributed by atoms with Crippen LogP contribution in [0.1, 0.15) is 18.4 Å². The van der Waals surface area contributed by atoms with E-state index >= 15 is 0 Å². The number of carbonyl (C=O) groups is 2. The Hall–Kier alpha value is -2.10. The van der Waals surface area contributed by atoms with Gasteiger partial charge in [0.1, 0.15) is 5.75 Å². The predicted molar refractivity (Wildman–Crippen MR) is 59.0 cm³/mol. The summed E-state index contributed by atoms with van der Waals surface area (Å²) in [5.41, 5.74) is 0.698. The van der Waals surface area contributed by atoms with Gasteiger partial charge in [-0.05, 0) is 23.8 Å². The van der Waals surface area contributed by atoms with Crippen molar-refractivity contribution in [1.82, 2.24) is 0 Å². The molecule has 0 heterocycles. The van der Waals surface area contributed by atoms with Crippen LogP contribution in [0.2, 0.25) is 0 Å². The van der Waals surface area contributed by atoms with Gasteiger partial charge < -0.3 is 10.2 Å². The molecule has 0 fully saturated rings. The van der Waals surface area contributed by atoms with Gasteiger partial charge in [-0.3, -0.25) is 9.59 Å². The van der Waals surface area contributed by atoms with Gasteiger partial charge in [-0.15, -0.1) is 0 Å². The average molecular weight is 220 g/mol. The van der Waals surface area contributed by atoms with E-state index in [4.69, 9.17) is 10.2 Å². The molecule has 0 saturated carbocycles. The molecule has 0 radical (unpaired) electrons. The number of carboxylic acids is 1. The Morgan fingerprint density at radius 3 is 2.62 bits per heavy atom. The Balaban J connectivity index is 2.53. The van der Waals surface area contributed by atoms with Gasteiger partial charge in [0.15, 0.2) is 5.78 Å². The van der Waals surface area contributed by atoms with E-state index in [0.717, 1.165) is 0 Å². The van der Waals surface area contributed by atoms with Crippen molar-refractivity contribution >= 4 is 17.8 Å². The number of phenols is 1. The molecule has 0 aliphatic heterocycles. The molecule has 1 aromatic rings. The Labute approximate surface area is 92.8 Å². The summed E-state index contributed by atoms with van der Waals surface area (Å²) in [4.78, 5) is 21.4. The number of aromatic hydroxyl groups is 1. The number of hydrogen-bond donors (Lipinski definition) is 2. The van der Waals surface area contributed by atoms with Crippen molar-refractivity contribution in [2.75, 3.05) is 0 Å². The Morgan fingerprint density at radius 2 is 2.00 bits per heavy atom.